The van der Waals surface area contributed by atoms with Gasteiger partial charge in [0.05, 0.1) is 0 Å². The van der Waals surface area contributed by atoms with Crippen LogP contribution in [0.2, 0.25) is 0 Å². The molecule has 0 aliphatic carbocycles. The summed E-state index contributed by atoms with van der Waals surface area (Å²) < 4.78 is 5.99. The van der Waals surface area contributed by atoms with E-state index in [-0.39, 0.29) is 18.0 Å². The lowest BCUT2D eigenvalue weighted by Gasteiger charge is -2.15. The van der Waals surface area contributed by atoms with Crippen molar-refractivity contribution >= 4 is 17.8 Å². The Morgan fingerprint density at radius 3 is 1.29 bits per heavy atom. The predicted molar refractivity (Wildman–Crippen MR) is 248 cm³/mol. The largest absolute Gasteiger partial charge is 0.480 e. The number of carbonyl (C=O) groups is 3. The normalized spacial score (nSPS) is 12.6. The number of amides is 1. The van der Waals surface area contributed by atoms with Crippen LogP contribution in [0.25, 0.3) is 0 Å². The second-order valence-corrected chi connectivity index (χ2v) is 17.6. The van der Waals surface area contributed by atoms with Crippen LogP contribution in [0.1, 0.15) is 277 Å². The summed E-state index contributed by atoms with van der Waals surface area (Å²) in [6.45, 7) is 4.97. The number of hydrogen-bond donors (Lipinski definition) is 3. The number of aliphatic carboxylic acids is 1. The van der Waals surface area contributed by atoms with E-state index in [9.17, 15) is 19.5 Å². The molecule has 0 rings (SSSR count). The van der Waals surface area contributed by atoms with E-state index in [4.69, 9.17) is 10.5 Å². The molecule has 2 unspecified atom stereocenters. The van der Waals surface area contributed by atoms with Crippen LogP contribution in [-0.4, -0.2) is 41.6 Å². The highest BCUT2D eigenvalue weighted by molar-refractivity contribution is 5.83. The van der Waals surface area contributed by atoms with E-state index in [1.807, 2.05) is 0 Å². The minimum absolute atomic E-state index is 0.0508. The van der Waals surface area contributed by atoms with Crippen molar-refractivity contribution in [2.75, 3.05) is 6.54 Å². The van der Waals surface area contributed by atoms with Gasteiger partial charge in [-0.15, -0.1) is 0 Å². The van der Waals surface area contributed by atoms with Gasteiger partial charge in [0.25, 0.3) is 0 Å². The summed E-state index contributed by atoms with van der Waals surface area (Å²) in [6.07, 6.45) is 53.0. The summed E-state index contributed by atoms with van der Waals surface area (Å²) >= 11 is 0. The first kappa shape index (κ1) is 56.1. The van der Waals surface area contributed by atoms with E-state index >= 15 is 0 Å². The average Bonchev–Trinajstić information content (AvgIpc) is 3.21. The molecule has 1 amide bonds. The zero-order valence-corrected chi connectivity index (χ0v) is 38.7. The second kappa shape index (κ2) is 46.2. The van der Waals surface area contributed by atoms with E-state index in [2.05, 4.69) is 31.3 Å². The number of carboxylic acid groups (broad SMARTS) is 1. The monoisotopic (exact) mass is 819 g/mol. The standard InChI is InChI=1S/C51H98N2O5/c1-3-5-7-9-11-13-14-15-16-17-18-19-20-21-22-23-24-25-27-29-35-39-45-50(55)58-47(41-36-32-28-26-12-10-8-6-4-2)42-37-33-30-31-34-38-44-49(54)53-48(51(56)57)43-40-46-52/h36,41,47-48H,3-35,37-40,42-46,52H2,1-2H3,(H,53,54)(H,56,57)/b41-36-. The van der Waals surface area contributed by atoms with Gasteiger partial charge < -0.3 is 20.9 Å². The summed E-state index contributed by atoms with van der Waals surface area (Å²) in [5.74, 6) is -1.25. The van der Waals surface area contributed by atoms with E-state index in [1.54, 1.807) is 0 Å². The SMILES string of the molecule is CCCCCCCCC/C=C\C(CCCCCCCCC(=O)NC(CCCN)C(=O)O)OC(=O)CCCCCCCCCCCCCCCCCCCCCCCC. The molecule has 7 heteroatoms. The van der Waals surface area contributed by atoms with Crippen molar-refractivity contribution in [3.63, 3.8) is 0 Å². The number of esters is 1. The Hall–Kier alpha value is -1.89. The molecule has 7 nitrogen and oxygen atoms in total. The molecule has 0 aromatic rings. The molecule has 0 radical (unpaired) electrons. The lowest BCUT2D eigenvalue weighted by Crippen LogP contribution is -2.40. The first-order valence-corrected chi connectivity index (χ1v) is 25.5. The molecule has 2 atom stereocenters. The summed E-state index contributed by atoms with van der Waals surface area (Å²) in [5.41, 5.74) is 5.49. The van der Waals surface area contributed by atoms with E-state index in [1.165, 1.54) is 173 Å². The van der Waals surface area contributed by atoms with Crippen molar-refractivity contribution in [1.29, 1.82) is 0 Å². The minimum atomic E-state index is -1.00. The van der Waals surface area contributed by atoms with Gasteiger partial charge in [0.2, 0.25) is 5.91 Å². The zero-order chi connectivity index (χ0) is 42.4. The molecule has 0 saturated heterocycles. The number of carboxylic acids is 1. The van der Waals surface area contributed by atoms with Crippen LogP contribution in [-0.2, 0) is 19.1 Å². The van der Waals surface area contributed by atoms with Crippen molar-refractivity contribution in [1.82, 2.24) is 5.32 Å². The van der Waals surface area contributed by atoms with Gasteiger partial charge in [0, 0.05) is 12.8 Å². The number of carbonyl (C=O) groups excluding carboxylic acids is 2. The Kier molecular flexibility index (Phi) is 44.7. The second-order valence-electron chi connectivity index (χ2n) is 17.6. The molecule has 4 N–H and O–H groups in total. The maximum absolute atomic E-state index is 12.8. The lowest BCUT2D eigenvalue weighted by molar-refractivity contribution is -0.147. The number of nitrogens with two attached hydrogens (primary N) is 1. The minimum Gasteiger partial charge on any atom is -0.480 e. The summed E-state index contributed by atoms with van der Waals surface area (Å²) in [4.78, 5) is 36.4. The van der Waals surface area contributed by atoms with Crippen molar-refractivity contribution in [3.8, 4) is 0 Å². The zero-order valence-electron chi connectivity index (χ0n) is 38.7. The molecule has 0 aliphatic heterocycles. The molecule has 0 aromatic heterocycles. The molecular weight excluding hydrogens is 721 g/mol. The predicted octanol–water partition coefficient (Wildman–Crippen LogP) is 15.0. The maximum Gasteiger partial charge on any atom is 0.326 e. The smallest absolute Gasteiger partial charge is 0.326 e. The van der Waals surface area contributed by atoms with Crippen LogP contribution in [0, 0.1) is 0 Å². The van der Waals surface area contributed by atoms with E-state index in [0.29, 0.717) is 32.2 Å². The number of hydrogen-bond acceptors (Lipinski definition) is 5. The number of unbranched alkanes of at least 4 members (excludes halogenated alkanes) is 33. The van der Waals surface area contributed by atoms with Gasteiger partial charge in [-0.05, 0) is 64.0 Å². The van der Waals surface area contributed by atoms with E-state index in [0.717, 1.165) is 64.2 Å². The quantitative estimate of drug-likeness (QED) is 0.0320. The summed E-state index contributed by atoms with van der Waals surface area (Å²) in [7, 11) is 0. The van der Waals surface area contributed by atoms with Crippen molar-refractivity contribution in [3.05, 3.63) is 12.2 Å². The van der Waals surface area contributed by atoms with Gasteiger partial charge in [0.15, 0.2) is 0 Å². The molecule has 0 heterocycles. The lowest BCUT2D eigenvalue weighted by atomic mass is 10.0. The van der Waals surface area contributed by atoms with Crippen molar-refractivity contribution < 1.29 is 24.2 Å². The maximum atomic E-state index is 12.8. The molecule has 342 valence electrons. The Morgan fingerprint density at radius 1 is 0.500 bits per heavy atom. The highest BCUT2D eigenvalue weighted by Gasteiger charge is 2.19. The van der Waals surface area contributed by atoms with E-state index < -0.39 is 12.0 Å². The Labute approximate surface area is 360 Å². The molecule has 0 bridgehead atoms. The highest BCUT2D eigenvalue weighted by Crippen LogP contribution is 2.18. The van der Waals surface area contributed by atoms with Crippen LogP contribution in [0.5, 0.6) is 0 Å². The molecule has 0 spiro atoms. The van der Waals surface area contributed by atoms with Crippen molar-refractivity contribution in [2.24, 2.45) is 5.73 Å². The van der Waals surface area contributed by atoms with Crippen LogP contribution in [0.3, 0.4) is 0 Å². The highest BCUT2D eigenvalue weighted by atomic mass is 16.5. The average molecular weight is 819 g/mol. The number of nitrogens with one attached hydrogen (secondary N) is 1. The number of allylic oxidation sites excluding steroid dienone is 1. The summed E-state index contributed by atoms with van der Waals surface area (Å²) in [6, 6.07) is -0.851. The fraction of sp³-hybridized carbons (Fsp3) is 0.902. The van der Waals surface area contributed by atoms with Crippen LogP contribution < -0.4 is 11.1 Å². The number of rotatable bonds is 47. The first-order valence-electron chi connectivity index (χ1n) is 25.5. The van der Waals surface area contributed by atoms with Crippen LogP contribution >= 0.6 is 0 Å². The molecule has 0 saturated carbocycles. The summed E-state index contributed by atoms with van der Waals surface area (Å²) in [5, 5.41) is 11.9. The van der Waals surface area contributed by atoms with Gasteiger partial charge in [-0.3, -0.25) is 9.59 Å². The fourth-order valence-electron chi connectivity index (χ4n) is 7.95. The topological polar surface area (TPSA) is 119 Å². The van der Waals surface area contributed by atoms with Gasteiger partial charge >= 0.3 is 11.9 Å². The molecule has 58 heavy (non-hydrogen) atoms. The Bertz CT molecular complexity index is 925. The molecule has 0 aliphatic rings. The van der Waals surface area contributed by atoms with Gasteiger partial charge in [0.1, 0.15) is 12.1 Å². The van der Waals surface area contributed by atoms with Crippen LogP contribution in [0.15, 0.2) is 12.2 Å². The number of ether oxygens (including phenoxy) is 1. The van der Waals surface area contributed by atoms with Gasteiger partial charge in [-0.1, -0.05) is 219 Å². The Morgan fingerprint density at radius 2 is 0.879 bits per heavy atom. The molecule has 0 aromatic carbocycles. The van der Waals surface area contributed by atoms with Crippen LogP contribution in [0.4, 0.5) is 0 Å². The van der Waals surface area contributed by atoms with Crippen molar-refractivity contribution in [2.45, 2.75) is 289 Å². The molecule has 0 fully saturated rings. The van der Waals surface area contributed by atoms with Gasteiger partial charge in [-0.25, -0.2) is 4.79 Å². The third kappa shape index (κ3) is 42.2. The third-order valence-corrected chi connectivity index (χ3v) is 11.8. The third-order valence-electron chi connectivity index (χ3n) is 11.8. The first-order chi connectivity index (χ1) is 28.4. The Balaban J connectivity index is 4.08. The molecular formula is C51H98N2O5. The van der Waals surface area contributed by atoms with Gasteiger partial charge in [-0.2, -0.15) is 0 Å². The fourth-order valence-corrected chi connectivity index (χ4v) is 7.95.